The fraction of sp³-hybridized carbons (Fsp3) is 0.200. The van der Waals surface area contributed by atoms with E-state index in [1.54, 1.807) is 10.6 Å². The first-order chi connectivity index (χ1) is 3.84. The SMILES string of the molecule is Cn1cccc1ON. The van der Waals surface area contributed by atoms with Crippen molar-refractivity contribution in [2.24, 2.45) is 12.9 Å². The number of rotatable bonds is 1. The predicted octanol–water partition coefficient (Wildman–Crippen LogP) is 0.278. The van der Waals surface area contributed by atoms with Crippen LogP contribution in [0.15, 0.2) is 18.3 Å². The van der Waals surface area contributed by atoms with Gasteiger partial charge in [-0.1, -0.05) is 0 Å². The third-order valence-electron chi connectivity index (χ3n) is 1.02. The zero-order valence-corrected chi connectivity index (χ0v) is 4.66. The Balaban J connectivity index is 2.92. The highest BCUT2D eigenvalue weighted by molar-refractivity contribution is 5.11. The van der Waals surface area contributed by atoms with Crippen molar-refractivity contribution in [3.05, 3.63) is 18.3 Å². The largest absolute Gasteiger partial charge is 0.393 e. The van der Waals surface area contributed by atoms with E-state index in [4.69, 9.17) is 5.90 Å². The lowest BCUT2D eigenvalue weighted by Gasteiger charge is -1.96. The number of nitrogens with two attached hydrogens (primary N) is 1. The summed E-state index contributed by atoms with van der Waals surface area (Å²) in [6.45, 7) is 0. The highest BCUT2D eigenvalue weighted by Gasteiger charge is 1.90. The van der Waals surface area contributed by atoms with Crippen LogP contribution in [-0.4, -0.2) is 4.57 Å². The topological polar surface area (TPSA) is 40.2 Å². The Morgan fingerprint density at radius 2 is 2.50 bits per heavy atom. The van der Waals surface area contributed by atoms with Gasteiger partial charge >= 0.3 is 0 Å². The zero-order chi connectivity index (χ0) is 5.98. The average molecular weight is 112 g/mol. The quantitative estimate of drug-likeness (QED) is 0.530. The molecule has 44 valence electrons. The van der Waals surface area contributed by atoms with Gasteiger partial charge in [0.05, 0.1) is 0 Å². The van der Waals surface area contributed by atoms with Crippen molar-refractivity contribution < 1.29 is 4.84 Å². The molecular weight excluding hydrogens is 104 g/mol. The Labute approximate surface area is 47.6 Å². The summed E-state index contributed by atoms with van der Waals surface area (Å²) in [4.78, 5) is 4.45. The summed E-state index contributed by atoms with van der Waals surface area (Å²) >= 11 is 0. The molecule has 0 fully saturated rings. The van der Waals surface area contributed by atoms with E-state index in [1.165, 1.54) is 0 Å². The van der Waals surface area contributed by atoms with E-state index in [0.717, 1.165) is 0 Å². The molecule has 0 aliphatic rings. The lowest BCUT2D eigenvalue weighted by molar-refractivity contribution is 0.309. The van der Waals surface area contributed by atoms with Crippen LogP contribution in [0, 0.1) is 0 Å². The zero-order valence-electron chi connectivity index (χ0n) is 4.66. The Bertz CT molecular complexity index is 171. The molecule has 0 amide bonds. The van der Waals surface area contributed by atoms with Crippen LogP contribution in [-0.2, 0) is 7.05 Å². The van der Waals surface area contributed by atoms with Gasteiger partial charge in [0.1, 0.15) is 0 Å². The Morgan fingerprint density at radius 1 is 1.75 bits per heavy atom. The molecule has 1 aromatic rings. The summed E-state index contributed by atoms with van der Waals surface area (Å²) in [5.41, 5.74) is 0. The molecule has 1 aromatic heterocycles. The summed E-state index contributed by atoms with van der Waals surface area (Å²) < 4.78 is 1.79. The summed E-state index contributed by atoms with van der Waals surface area (Å²) in [7, 11) is 1.86. The van der Waals surface area contributed by atoms with Crippen LogP contribution >= 0.6 is 0 Å². The van der Waals surface area contributed by atoms with E-state index < -0.39 is 0 Å². The second kappa shape index (κ2) is 1.88. The monoisotopic (exact) mass is 112 g/mol. The van der Waals surface area contributed by atoms with Gasteiger partial charge in [-0.3, -0.25) is 0 Å². The first kappa shape index (κ1) is 5.18. The van der Waals surface area contributed by atoms with Gasteiger partial charge in [-0.2, -0.15) is 5.90 Å². The molecule has 0 bridgehead atoms. The van der Waals surface area contributed by atoms with Crippen LogP contribution in [0.4, 0.5) is 0 Å². The molecule has 1 heterocycles. The van der Waals surface area contributed by atoms with Gasteiger partial charge in [0, 0.05) is 19.3 Å². The number of nitrogens with zero attached hydrogens (tertiary/aromatic N) is 1. The van der Waals surface area contributed by atoms with Crippen molar-refractivity contribution in [2.75, 3.05) is 0 Å². The fourth-order valence-electron chi connectivity index (χ4n) is 0.568. The Morgan fingerprint density at radius 3 is 2.75 bits per heavy atom. The van der Waals surface area contributed by atoms with E-state index in [2.05, 4.69) is 4.84 Å². The van der Waals surface area contributed by atoms with Crippen molar-refractivity contribution in [3.8, 4) is 5.88 Å². The molecule has 8 heavy (non-hydrogen) atoms. The normalized spacial score (nSPS) is 9.25. The van der Waals surface area contributed by atoms with Crippen LogP contribution in [0.25, 0.3) is 0 Å². The molecule has 3 heteroatoms. The van der Waals surface area contributed by atoms with E-state index >= 15 is 0 Å². The summed E-state index contributed by atoms with van der Waals surface area (Å²) in [5.74, 6) is 5.55. The minimum absolute atomic E-state index is 0.671. The van der Waals surface area contributed by atoms with Gasteiger partial charge in [0.25, 0.3) is 0 Å². The summed E-state index contributed by atoms with van der Waals surface area (Å²) in [6.07, 6.45) is 1.86. The smallest absolute Gasteiger partial charge is 0.217 e. The van der Waals surface area contributed by atoms with Crippen LogP contribution < -0.4 is 10.7 Å². The first-order valence-corrected chi connectivity index (χ1v) is 2.32. The standard InChI is InChI=1S/C5H8N2O/c1-7-4-2-3-5(7)8-6/h2-4H,6H2,1H3. The van der Waals surface area contributed by atoms with Gasteiger partial charge in [-0.15, -0.1) is 0 Å². The van der Waals surface area contributed by atoms with Gasteiger partial charge in [0.15, 0.2) is 0 Å². The molecule has 0 radical (unpaired) electrons. The Hall–Kier alpha value is -0.960. The van der Waals surface area contributed by atoms with Gasteiger partial charge in [0.2, 0.25) is 5.88 Å². The highest BCUT2D eigenvalue weighted by Crippen LogP contribution is 2.05. The molecule has 0 spiro atoms. The molecule has 3 nitrogen and oxygen atoms in total. The van der Waals surface area contributed by atoms with Gasteiger partial charge in [-0.05, 0) is 6.07 Å². The van der Waals surface area contributed by atoms with E-state index in [0.29, 0.717) is 5.88 Å². The lowest BCUT2D eigenvalue weighted by Crippen LogP contribution is -2.04. The second-order valence-corrected chi connectivity index (χ2v) is 1.58. The Kier molecular flexibility index (Phi) is 1.22. The molecule has 0 aliphatic heterocycles. The number of hydrogen-bond donors (Lipinski definition) is 1. The molecule has 0 aromatic carbocycles. The summed E-state index contributed by atoms with van der Waals surface area (Å²) in [6, 6.07) is 3.65. The first-order valence-electron chi connectivity index (χ1n) is 2.32. The molecule has 0 unspecified atom stereocenters. The molecular formula is C5H8N2O. The third kappa shape index (κ3) is 0.675. The maximum Gasteiger partial charge on any atom is 0.217 e. The fourth-order valence-corrected chi connectivity index (χ4v) is 0.568. The minimum atomic E-state index is 0.671. The number of hydrogen-bond acceptors (Lipinski definition) is 2. The lowest BCUT2D eigenvalue weighted by atomic mass is 10.7. The van der Waals surface area contributed by atoms with Gasteiger partial charge < -0.3 is 9.40 Å². The van der Waals surface area contributed by atoms with Crippen molar-refractivity contribution in [3.63, 3.8) is 0 Å². The van der Waals surface area contributed by atoms with E-state index in [9.17, 15) is 0 Å². The molecule has 0 saturated heterocycles. The van der Waals surface area contributed by atoms with Crippen LogP contribution in [0.3, 0.4) is 0 Å². The van der Waals surface area contributed by atoms with E-state index in [-0.39, 0.29) is 0 Å². The second-order valence-electron chi connectivity index (χ2n) is 1.58. The third-order valence-corrected chi connectivity index (χ3v) is 1.02. The van der Waals surface area contributed by atoms with E-state index in [1.807, 2.05) is 19.3 Å². The minimum Gasteiger partial charge on any atom is -0.393 e. The molecule has 1 rings (SSSR count). The van der Waals surface area contributed by atoms with Crippen LogP contribution in [0.2, 0.25) is 0 Å². The van der Waals surface area contributed by atoms with Crippen LogP contribution in [0.1, 0.15) is 0 Å². The maximum atomic E-state index is 4.87. The number of aryl methyl sites for hydroxylation is 1. The molecule has 0 saturated carbocycles. The van der Waals surface area contributed by atoms with Crippen molar-refractivity contribution in [2.45, 2.75) is 0 Å². The predicted molar refractivity (Wildman–Crippen MR) is 30.2 cm³/mol. The van der Waals surface area contributed by atoms with Crippen LogP contribution in [0.5, 0.6) is 5.88 Å². The highest BCUT2D eigenvalue weighted by atomic mass is 16.6. The average Bonchev–Trinajstić information content (AvgIpc) is 2.14. The summed E-state index contributed by atoms with van der Waals surface area (Å²) in [5, 5.41) is 0. The van der Waals surface area contributed by atoms with Crippen molar-refractivity contribution in [1.82, 2.24) is 4.57 Å². The molecule has 0 aliphatic carbocycles. The van der Waals surface area contributed by atoms with Crippen molar-refractivity contribution in [1.29, 1.82) is 0 Å². The van der Waals surface area contributed by atoms with Crippen molar-refractivity contribution >= 4 is 0 Å². The molecule has 2 N–H and O–H groups in total. The van der Waals surface area contributed by atoms with Gasteiger partial charge in [-0.25, -0.2) is 0 Å². The maximum absolute atomic E-state index is 4.87. The molecule has 0 atom stereocenters. The number of aromatic nitrogens is 1.